The van der Waals surface area contributed by atoms with Crippen LogP contribution in [0.1, 0.15) is 111 Å². The van der Waals surface area contributed by atoms with Gasteiger partial charge in [-0.3, -0.25) is 4.90 Å². The summed E-state index contributed by atoms with van der Waals surface area (Å²) in [5.41, 5.74) is 10.5. The number of nitrogens with zero attached hydrogens (tertiary/aromatic N) is 1. The van der Waals surface area contributed by atoms with Crippen molar-refractivity contribution in [1.82, 2.24) is 10.2 Å². The predicted molar refractivity (Wildman–Crippen MR) is 218 cm³/mol. The Morgan fingerprint density at radius 3 is 1.96 bits per heavy atom. The van der Waals surface area contributed by atoms with Gasteiger partial charge in [0.05, 0.1) is 6.10 Å². The van der Waals surface area contributed by atoms with Crippen molar-refractivity contribution in [2.75, 3.05) is 30.6 Å². The number of unbranched alkanes of at least 4 members (excludes halogenated alkanes) is 3. The highest BCUT2D eigenvalue weighted by atomic mass is 32.2. The Morgan fingerprint density at radius 2 is 1.30 bits per heavy atom. The first-order valence-electron chi connectivity index (χ1n) is 19.0. The molecule has 270 valence electrons. The monoisotopic (exact) mass is 693 g/mol. The maximum atomic E-state index is 10.6. The van der Waals surface area contributed by atoms with Crippen molar-refractivity contribution in [2.45, 2.75) is 110 Å². The molecule has 2 unspecified atom stereocenters. The molecule has 0 heterocycles. The molecule has 0 aromatic heterocycles. The molecule has 0 saturated heterocycles. The Kier molecular flexibility index (Phi) is 16.9. The van der Waals surface area contributed by atoms with Gasteiger partial charge in [-0.25, -0.2) is 0 Å². The molecule has 0 saturated carbocycles. The van der Waals surface area contributed by atoms with Gasteiger partial charge in [-0.05, 0) is 137 Å². The third kappa shape index (κ3) is 12.9. The fourth-order valence-electron chi connectivity index (χ4n) is 7.20. The van der Waals surface area contributed by atoms with Crippen molar-refractivity contribution in [3.05, 3.63) is 136 Å². The van der Waals surface area contributed by atoms with Crippen molar-refractivity contribution in [1.29, 1.82) is 0 Å². The number of rotatable bonds is 22. The normalized spacial score (nSPS) is 12.9. The number of hydrogen-bond donors (Lipinski definition) is 3. The zero-order valence-corrected chi connectivity index (χ0v) is 32.4. The molecular formula is C45H63N3OS. The van der Waals surface area contributed by atoms with E-state index in [0.717, 1.165) is 50.0 Å². The minimum Gasteiger partial charge on any atom is -0.387 e. The van der Waals surface area contributed by atoms with Gasteiger partial charge in [0.25, 0.3) is 0 Å². The molecule has 0 radical (unpaired) electrons. The highest BCUT2D eigenvalue weighted by molar-refractivity contribution is 7.99. The number of aliphatic hydroxyl groups is 1. The van der Waals surface area contributed by atoms with Crippen LogP contribution in [0.15, 0.2) is 97.1 Å². The van der Waals surface area contributed by atoms with Crippen molar-refractivity contribution < 1.29 is 5.11 Å². The molecule has 4 nitrogen and oxygen atoms in total. The van der Waals surface area contributed by atoms with Crippen LogP contribution >= 0.6 is 11.9 Å². The molecule has 4 aromatic carbocycles. The quantitative estimate of drug-likeness (QED) is 0.0565. The van der Waals surface area contributed by atoms with Crippen LogP contribution in [0.3, 0.4) is 0 Å². The zero-order valence-electron chi connectivity index (χ0n) is 31.6. The molecule has 4 rings (SSSR count). The van der Waals surface area contributed by atoms with Crippen LogP contribution in [0.25, 0.3) is 0 Å². The predicted octanol–water partition coefficient (Wildman–Crippen LogP) is 10.5. The summed E-state index contributed by atoms with van der Waals surface area (Å²) in [6.07, 6.45) is 10.9. The van der Waals surface area contributed by atoms with Crippen molar-refractivity contribution >= 4 is 17.6 Å². The van der Waals surface area contributed by atoms with Gasteiger partial charge in [0.1, 0.15) is 0 Å². The van der Waals surface area contributed by atoms with Gasteiger partial charge in [-0.2, -0.15) is 0 Å². The van der Waals surface area contributed by atoms with Crippen molar-refractivity contribution in [2.24, 2.45) is 0 Å². The van der Waals surface area contributed by atoms with Crippen LogP contribution in [-0.2, 0) is 19.3 Å². The first-order chi connectivity index (χ1) is 24.2. The lowest BCUT2D eigenvalue weighted by molar-refractivity contribution is 0.170. The minimum absolute atomic E-state index is 0.419. The maximum absolute atomic E-state index is 10.6. The van der Waals surface area contributed by atoms with Gasteiger partial charge in [0.15, 0.2) is 0 Å². The molecule has 50 heavy (non-hydrogen) atoms. The molecule has 0 aliphatic carbocycles. The lowest BCUT2D eigenvalue weighted by atomic mass is 9.84. The average Bonchev–Trinajstić information content (AvgIpc) is 3.11. The number of aliphatic hydroxyl groups excluding tert-OH is 1. The van der Waals surface area contributed by atoms with Gasteiger partial charge >= 0.3 is 0 Å². The van der Waals surface area contributed by atoms with E-state index in [0.29, 0.717) is 24.5 Å². The Bertz CT molecular complexity index is 1510. The highest BCUT2D eigenvalue weighted by Gasteiger charge is 2.21. The topological polar surface area (TPSA) is 47.5 Å². The SMILES string of the molecule is CSNc1cccc(C(O)CNCCc2ccc(CCCCCCc3ccc(C)c(C(CCN(C(C)C)C(C)C)c4ccccc4)c3)cc2)c1. The van der Waals surface area contributed by atoms with Gasteiger partial charge in [0, 0.05) is 36.5 Å². The molecule has 0 fully saturated rings. The number of hydrogen-bond acceptors (Lipinski definition) is 5. The van der Waals surface area contributed by atoms with E-state index in [1.807, 2.05) is 30.5 Å². The molecule has 0 aliphatic heterocycles. The zero-order chi connectivity index (χ0) is 35.7. The number of benzene rings is 4. The van der Waals surface area contributed by atoms with Crippen LogP contribution in [0.4, 0.5) is 5.69 Å². The molecule has 4 aromatic rings. The largest absolute Gasteiger partial charge is 0.387 e. The van der Waals surface area contributed by atoms with E-state index < -0.39 is 6.10 Å². The van der Waals surface area contributed by atoms with Crippen molar-refractivity contribution in [3.8, 4) is 0 Å². The fourth-order valence-corrected chi connectivity index (χ4v) is 7.56. The van der Waals surface area contributed by atoms with Crippen LogP contribution in [0.5, 0.6) is 0 Å². The fraction of sp³-hybridized carbons (Fsp3) is 0.467. The van der Waals surface area contributed by atoms with E-state index in [9.17, 15) is 5.11 Å². The van der Waals surface area contributed by atoms with E-state index in [2.05, 4.69) is 122 Å². The second-order valence-corrected chi connectivity index (χ2v) is 15.1. The number of anilines is 1. The maximum Gasteiger partial charge on any atom is 0.0915 e. The van der Waals surface area contributed by atoms with E-state index >= 15 is 0 Å². The molecule has 0 aliphatic rings. The summed E-state index contributed by atoms with van der Waals surface area (Å²) in [5.74, 6) is 0.419. The second-order valence-electron chi connectivity index (χ2n) is 14.5. The Balaban J connectivity index is 1.18. The summed E-state index contributed by atoms with van der Waals surface area (Å²) in [4.78, 5) is 2.63. The average molecular weight is 694 g/mol. The minimum atomic E-state index is -0.511. The molecule has 5 heteroatoms. The van der Waals surface area contributed by atoms with Gasteiger partial charge < -0.3 is 15.1 Å². The first kappa shape index (κ1) is 39.7. The van der Waals surface area contributed by atoms with Crippen LogP contribution in [-0.4, -0.2) is 48.0 Å². The first-order valence-corrected chi connectivity index (χ1v) is 20.2. The summed E-state index contributed by atoms with van der Waals surface area (Å²) in [6.45, 7) is 14.1. The van der Waals surface area contributed by atoms with E-state index in [4.69, 9.17) is 0 Å². The summed E-state index contributed by atoms with van der Waals surface area (Å²) in [5, 5.41) is 14.0. The highest BCUT2D eigenvalue weighted by Crippen LogP contribution is 2.32. The second kappa shape index (κ2) is 21.3. The van der Waals surface area contributed by atoms with Crippen molar-refractivity contribution in [3.63, 3.8) is 0 Å². The van der Waals surface area contributed by atoms with Crippen LogP contribution < -0.4 is 10.0 Å². The van der Waals surface area contributed by atoms with Gasteiger partial charge in [0.2, 0.25) is 0 Å². The Morgan fingerprint density at radius 1 is 0.680 bits per heavy atom. The lowest BCUT2D eigenvalue weighted by Crippen LogP contribution is -2.38. The third-order valence-corrected chi connectivity index (χ3v) is 10.5. The molecular weight excluding hydrogens is 631 g/mol. The number of aryl methyl sites for hydroxylation is 3. The van der Waals surface area contributed by atoms with Gasteiger partial charge in [-0.1, -0.05) is 110 Å². The van der Waals surface area contributed by atoms with E-state index in [1.54, 1.807) is 11.9 Å². The standard InChI is InChI=1S/C45H63N3OS/c1-34(2)48(35(3)4)30-28-43(40-17-12-9-13-18-40)44-31-39(22-21-36(44)5)16-11-8-7-10-15-37-23-25-38(26-24-37)27-29-46-33-45(49)41-19-14-20-42(32-41)47-50-6/h9,12-14,17-26,31-32,34-35,43,45-47,49H,7-8,10-11,15-16,27-30,33H2,1-6H3. The smallest absolute Gasteiger partial charge is 0.0915 e. The molecule has 0 bridgehead atoms. The third-order valence-electron chi connectivity index (χ3n) is 10.0. The summed E-state index contributed by atoms with van der Waals surface area (Å²) >= 11 is 1.56. The summed E-state index contributed by atoms with van der Waals surface area (Å²) < 4.78 is 3.23. The Labute approximate surface area is 308 Å². The molecule has 2 atom stereocenters. The summed E-state index contributed by atoms with van der Waals surface area (Å²) in [6, 6.07) is 36.6. The van der Waals surface area contributed by atoms with Crippen LogP contribution in [0.2, 0.25) is 0 Å². The number of nitrogens with one attached hydrogen (secondary N) is 2. The van der Waals surface area contributed by atoms with Crippen LogP contribution in [0, 0.1) is 6.92 Å². The molecule has 3 N–H and O–H groups in total. The Hall–Kier alpha value is -3.09. The lowest BCUT2D eigenvalue weighted by Gasteiger charge is -2.32. The molecule has 0 spiro atoms. The van der Waals surface area contributed by atoms with Gasteiger partial charge in [-0.15, -0.1) is 0 Å². The summed E-state index contributed by atoms with van der Waals surface area (Å²) in [7, 11) is 0. The van der Waals surface area contributed by atoms with E-state index in [-0.39, 0.29) is 0 Å². The molecule has 0 amide bonds. The van der Waals surface area contributed by atoms with E-state index in [1.165, 1.54) is 59.1 Å².